The number of halogens is 1. The fraction of sp³-hybridized carbons (Fsp3) is 0.316. The number of carbonyl (C=O) groups is 1. The van der Waals surface area contributed by atoms with E-state index in [4.69, 9.17) is 16.3 Å². The third-order valence-corrected chi connectivity index (χ3v) is 4.90. The Bertz CT molecular complexity index is 676. The maximum Gasteiger partial charge on any atom is 0.221 e. The maximum absolute atomic E-state index is 11.0. The zero-order valence-electron chi connectivity index (χ0n) is 14.2. The summed E-state index contributed by atoms with van der Waals surface area (Å²) >= 11 is 7.42. The zero-order valence-corrected chi connectivity index (χ0v) is 15.8. The van der Waals surface area contributed by atoms with Gasteiger partial charge in [0.05, 0.1) is 18.8 Å². The first-order chi connectivity index (χ1) is 11.9. The molecule has 0 bridgehead atoms. The average molecular weight is 380 g/mol. The van der Waals surface area contributed by atoms with Crippen molar-refractivity contribution in [2.45, 2.75) is 31.0 Å². The van der Waals surface area contributed by atoms with E-state index >= 15 is 0 Å². The molecule has 4 nitrogen and oxygen atoms in total. The lowest BCUT2D eigenvalue weighted by Crippen LogP contribution is -2.19. The smallest absolute Gasteiger partial charge is 0.221 e. The van der Waals surface area contributed by atoms with Gasteiger partial charge in [0, 0.05) is 28.3 Å². The van der Waals surface area contributed by atoms with Crippen LogP contribution in [0.4, 0.5) is 5.69 Å². The highest BCUT2D eigenvalue weighted by molar-refractivity contribution is 7.99. The molecule has 0 saturated heterocycles. The minimum Gasteiger partial charge on any atom is -0.390 e. The van der Waals surface area contributed by atoms with Crippen molar-refractivity contribution in [3.8, 4) is 0 Å². The molecule has 2 aromatic rings. The van der Waals surface area contributed by atoms with E-state index < -0.39 is 6.10 Å². The summed E-state index contributed by atoms with van der Waals surface area (Å²) in [4.78, 5) is 12.0. The van der Waals surface area contributed by atoms with Crippen LogP contribution < -0.4 is 5.32 Å². The molecule has 0 saturated carbocycles. The monoisotopic (exact) mass is 379 g/mol. The van der Waals surface area contributed by atoms with Crippen molar-refractivity contribution in [3.63, 3.8) is 0 Å². The van der Waals surface area contributed by atoms with Gasteiger partial charge in [-0.2, -0.15) is 0 Å². The highest BCUT2D eigenvalue weighted by Crippen LogP contribution is 2.23. The molecule has 2 N–H and O–H groups in total. The lowest BCUT2D eigenvalue weighted by molar-refractivity contribution is -0.114. The van der Waals surface area contributed by atoms with E-state index in [0.29, 0.717) is 10.8 Å². The fourth-order valence-corrected chi connectivity index (χ4v) is 3.10. The van der Waals surface area contributed by atoms with Gasteiger partial charge in [0.1, 0.15) is 0 Å². The number of aliphatic hydroxyl groups is 1. The number of nitrogens with one attached hydrogen (secondary N) is 1. The van der Waals surface area contributed by atoms with Gasteiger partial charge in [0.25, 0.3) is 0 Å². The SMILES string of the molecule is CC(=O)Nc1ccc(SC[C@@H](O)CO[C@@H](C)c2ccc(Cl)cc2)cc1. The number of amides is 1. The lowest BCUT2D eigenvalue weighted by Gasteiger charge is -2.17. The second-order valence-corrected chi connectivity index (χ2v) is 7.23. The Morgan fingerprint density at radius 3 is 2.44 bits per heavy atom. The van der Waals surface area contributed by atoms with Gasteiger partial charge in [-0.05, 0) is 48.9 Å². The quantitative estimate of drug-likeness (QED) is 0.661. The lowest BCUT2D eigenvalue weighted by atomic mass is 10.1. The van der Waals surface area contributed by atoms with Crippen LogP contribution in [0.2, 0.25) is 5.02 Å². The maximum atomic E-state index is 11.0. The van der Waals surface area contributed by atoms with Crippen LogP contribution >= 0.6 is 23.4 Å². The van der Waals surface area contributed by atoms with E-state index in [2.05, 4.69) is 5.32 Å². The van der Waals surface area contributed by atoms with Crippen molar-refractivity contribution in [3.05, 3.63) is 59.1 Å². The molecule has 0 heterocycles. The minimum absolute atomic E-state index is 0.0946. The second-order valence-electron chi connectivity index (χ2n) is 5.70. The highest BCUT2D eigenvalue weighted by Gasteiger charge is 2.10. The first kappa shape index (κ1) is 19.8. The van der Waals surface area contributed by atoms with Crippen molar-refractivity contribution >= 4 is 35.0 Å². The topological polar surface area (TPSA) is 58.6 Å². The van der Waals surface area contributed by atoms with Gasteiger partial charge < -0.3 is 15.2 Å². The van der Waals surface area contributed by atoms with E-state index in [9.17, 15) is 9.90 Å². The van der Waals surface area contributed by atoms with Gasteiger partial charge in [-0.15, -0.1) is 11.8 Å². The molecule has 25 heavy (non-hydrogen) atoms. The van der Waals surface area contributed by atoms with E-state index in [0.717, 1.165) is 16.1 Å². The standard InChI is InChI=1S/C19H22ClNO3S/c1-13(15-3-5-16(20)6-4-15)24-11-18(23)12-25-19-9-7-17(8-10-19)21-14(2)22/h3-10,13,18,23H,11-12H2,1-2H3,(H,21,22)/t13-,18-/m0/s1. The fourth-order valence-electron chi connectivity index (χ4n) is 2.16. The predicted molar refractivity (Wildman–Crippen MR) is 103 cm³/mol. The Hall–Kier alpha value is -1.53. The van der Waals surface area contributed by atoms with Gasteiger partial charge in [0.2, 0.25) is 5.91 Å². The molecule has 1 amide bonds. The summed E-state index contributed by atoms with van der Waals surface area (Å²) in [6.45, 7) is 3.69. The number of aliphatic hydroxyl groups excluding tert-OH is 1. The summed E-state index contributed by atoms with van der Waals surface area (Å²) in [7, 11) is 0. The van der Waals surface area contributed by atoms with E-state index in [1.165, 1.54) is 6.92 Å². The Morgan fingerprint density at radius 1 is 1.20 bits per heavy atom. The second kappa shape index (κ2) is 9.82. The van der Waals surface area contributed by atoms with Gasteiger partial charge in [-0.3, -0.25) is 4.79 Å². The van der Waals surface area contributed by atoms with Crippen molar-refractivity contribution in [1.82, 2.24) is 0 Å². The predicted octanol–water partition coefficient (Wildman–Crippen LogP) is 4.53. The van der Waals surface area contributed by atoms with Crippen LogP contribution in [0, 0.1) is 0 Å². The summed E-state index contributed by atoms with van der Waals surface area (Å²) in [5.41, 5.74) is 1.79. The first-order valence-corrected chi connectivity index (χ1v) is 9.36. The van der Waals surface area contributed by atoms with Crippen molar-refractivity contribution < 1.29 is 14.6 Å². The van der Waals surface area contributed by atoms with Gasteiger partial charge in [-0.25, -0.2) is 0 Å². The molecule has 0 unspecified atom stereocenters. The summed E-state index contributed by atoms with van der Waals surface area (Å²) in [6, 6.07) is 15.0. The molecular weight excluding hydrogens is 358 g/mol. The third kappa shape index (κ3) is 7.08. The van der Waals surface area contributed by atoms with Gasteiger partial charge in [-0.1, -0.05) is 23.7 Å². The molecule has 0 aliphatic heterocycles. The molecule has 134 valence electrons. The van der Waals surface area contributed by atoms with Crippen LogP contribution in [0.15, 0.2) is 53.4 Å². The van der Waals surface area contributed by atoms with Crippen LogP contribution in [-0.2, 0) is 9.53 Å². The molecule has 0 aromatic heterocycles. The number of ether oxygens (including phenoxy) is 1. The largest absolute Gasteiger partial charge is 0.390 e. The Morgan fingerprint density at radius 2 is 1.84 bits per heavy atom. The summed E-state index contributed by atoms with van der Waals surface area (Å²) in [6.07, 6.45) is -0.663. The van der Waals surface area contributed by atoms with Crippen molar-refractivity contribution in [2.75, 3.05) is 17.7 Å². The number of carbonyl (C=O) groups excluding carboxylic acids is 1. The average Bonchev–Trinajstić information content (AvgIpc) is 2.59. The molecule has 0 fully saturated rings. The molecule has 0 aliphatic rings. The molecule has 0 spiro atoms. The van der Waals surface area contributed by atoms with Gasteiger partial charge >= 0.3 is 0 Å². The molecule has 2 rings (SSSR count). The van der Waals surface area contributed by atoms with Crippen molar-refractivity contribution in [1.29, 1.82) is 0 Å². The number of hydrogen-bond donors (Lipinski definition) is 2. The molecule has 6 heteroatoms. The summed E-state index contributed by atoms with van der Waals surface area (Å²) in [5.74, 6) is 0.440. The zero-order chi connectivity index (χ0) is 18.2. The molecule has 0 radical (unpaired) electrons. The Balaban J connectivity index is 1.73. The first-order valence-electron chi connectivity index (χ1n) is 7.99. The normalized spacial score (nSPS) is 13.3. The Kier molecular flexibility index (Phi) is 7.78. The highest BCUT2D eigenvalue weighted by atomic mass is 35.5. The molecular formula is C19H22ClNO3S. The van der Waals surface area contributed by atoms with E-state index in [1.807, 2.05) is 55.5 Å². The van der Waals surface area contributed by atoms with Crippen LogP contribution in [-0.4, -0.2) is 29.5 Å². The number of benzene rings is 2. The van der Waals surface area contributed by atoms with Crippen LogP contribution in [0.25, 0.3) is 0 Å². The molecule has 2 aromatic carbocycles. The molecule has 0 aliphatic carbocycles. The minimum atomic E-state index is -0.560. The number of hydrogen-bond acceptors (Lipinski definition) is 4. The summed E-state index contributed by atoms with van der Waals surface area (Å²) < 4.78 is 5.73. The summed E-state index contributed by atoms with van der Waals surface area (Å²) in [5, 5.41) is 13.5. The Labute approximate surface area is 157 Å². The number of anilines is 1. The van der Waals surface area contributed by atoms with Crippen molar-refractivity contribution in [2.24, 2.45) is 0 Å². The van der Waals surface area contributed by atoms with Gasteiger partial charge in [0.15, 0.2) is 0 Å². The van der Waals surface area contributed by atoms with Crippen LogP contribution in [0.3, 0.4) is 0 Å². The third-order valence-electron chi connectivity index (χ3n) is 3.50. The van der Waals surface area contributed by atoms with E-state index in [-0.39, 0.29) is 18.6 Å². The number of thioether (sulfide) groups is 1. The number of rotatable bonds is 8. The van der Waals surface area contributed by atoms with Crippen LogP contribution in [0.5, 0.6) is 0 Å². The van der Waals surface area contributed by atoms with Crippen LogP contribution in [0.1, 0.15) is 25.5 Å². The molecule has 2 atom stereocenters. The van der Waals surface area contributed by atoms with E-state index in [1.54, 1.807) is 11.8 Å².